The number of benzene rings is 2. The number of hydrogen-bond acceptors (Lipinski definition) is 3. The largest absolute Gasteiger partial charge is 0.345 e. The second-order valence-corrected chi connectivity index (χ2v) is 5.30. The molecule has 0 fully saturated rings. The molecule has 1 aromatic heterocycles. The quantitative estimate of drug-likeness (QED) is 0.567. The van der Waals surface area contributed by atoms with Gasteiger partial charge in [-0.25, -0.2) is 10.4 Å². The molecule has 104 valence electrons. The highest BCUT2D eigenvalue weighted by molar-refractivity contribution is 9.10. The van der Waals surface area contributed by atoms with E-state index >= 15 is 0 Å². The third kappa shape index (κ3) is 3.17. The number of imidazole rings is 1. The van der Waals surface area contributed by atoms with Gasteiger partial charge < -0.3 is 4.98 Å². The summed E-state index contributed by atoms with van der Waals surface area (Å²) in [7, 11) is 0. The Kier molecular flexibility index (Phi) is 3.79. The number of rotatable bonds is 3. The second kappa shape index (κ2) is 5.88. The number of hydrazone groups is 1. The lowest BCUT2D eigenvalue weighted by molar-refractivity contribution is 0.0955. The van der Waals surface area contributed by atoms with Gasteiger partial charge in [-0.1, -0.05) is 28.1 Å². The first-order chi connectivity index (χ1) is 10.2. The summed E-state index contributed by atoms with van der Waals surface area (Å²) in [5, 5.41) is 3.95. The third-order valence-electron chi connectivity index (χ3n) is 2.93. The van der Waals surface area contributed by atoms with Crippen LogP contribution in [0.5, 0.6) is 0 Å². The lowest BCUT2D eigenvalue weighted by Crippen LogP contribution is -2.17. The van der Waals surface area contributed by atoms with Crippen LogP contribution in [0.4, 0.5) is 0 Å². The van der Waals surface area contributed by atoms with Crippen LogP contribution in [0, 0.1) is 0 Å². The second-order valence-electron chi connectivity index (χ2n) is 4.39. The van der Waals surface area contributed by atoms with Crippen molar-refractivity contribution < 1.29 is 4.79 Å². The number of aromatic amines is 1. The summed E-state index contributed by atoms with van der Waals surface area (Å²) < 4.78 is 0.997. The number of halogens is 1. The Morgan fingerprint density at radius 1 is 1.24 bits per heavy atom. The first-order valence-electron chi connectivity index (χ1n) is 6.24. The summed E-state index contributed by atoms with van der Waals surface area (Å²) in [6, 6.07) is 12.9. The number of carbonyl (C=O) groups excluding carboxylic acids is 1. The van der Waals surface area contributed by atoms with Gasteiger partial charge in [-0.3, -0.25) is 4.79 Å². The summed E-state index contributed by atoms with van der Waals surface area (Å²) in [5.74, 6) is -0.264. The topological polar surface area (TPSA) is 70.1 Å². The molecular formula is C15H11BrN4O. The molecule has 0 aliphatic carbocycles. The minimum atomic E-state index is -0.264. The highest BCUT2D eigenvalue weighted by atomic mass is 79.9. The molecule has 21 heavy (non-hydrogen) atoms. The number of hydrogen-bond donors (Lipinski definition) is 2. The maximum Gasteiger partial charge on any atom is 0.271 e. The van der Waals surface area contributed by atoms with Crippen molar-refractivity contribution in [3.63, 3.8) is 0 Å². The van der Waals surface area contributed by atoms with Gasteiger partial charge in [-0.2, -0.15) is 5.10 Å². The predicted molar refractivity (Wildman–Crippen MR) is 85.3 cm³/mol. The highest BCUT2D eigenvalue weighted by Gasteiger charge is 2.05. The Labute approximate surface area is 129 Å². The minimum Gasteiger partial charge on any atom is -0.345 e. The monoisotopic (exact) mass is 342 g/mol. The van der Waals surface area contributed by atoms with Crippen molar-refractivity contribution >= 4 is 39.1 Å². The first kappa shape index (κ1) is 13.5. The van der Waals surface area contributed by atoms with Crippen molar-refractivity contribution in [1.29, 1.82) is 0 Å². The maximum atomic E-state index is 12.0. The Morgan fingerprint density at radius 2 is 2.05 bits per heavy atom. The fourth-order valence-electron chi connectivity index (χ4n) is 1.86. The number of H-pyrrole nitrogens is 1. The number of fused-ring (bicyclic) bond motifs is 1. The van der Waals surface area contributed by atoms with Crippen molar-refractivity contribution in [3.05, 3.63) is 64.4 Å². The van der Waals surface area contributed by atoms with E-state index in [9.17, 15) is 4.79 Å². The zero-order valence-electron chi connectivity index (χ0n) is 10.9. The molecule has 2 aromatic carbocycles. The molecule has 0 bridgehead atoms. The molecule has 0 unspecified atom stereocenters. The van der Waals surface area contributed by atoms with Gasteiger partial charge in [0.1, 0.15) is 0 Å². The first-order valence-corrected chi connectivity index (χ1v) is 7.04. The van der Waals surface area contributed by atoms with E-state index in [1.807, 2.05) is 24.3 Å². The van der Waals surface area contributed by atoms with E-state index in [1.54, 1.807) is 30.7 Å². The lowest BCUT2D eigenvalue weighted by Gasteiger charge is -2.00. The molecule has 3 aromatic rings. The van der Waals surface area contributed by atoms with Crippen LogP contribution in [0.15, 0.2) is 58.4 Å². The van der Waals surface area contributed by atoms with Crippen LogP contribution in [0.1, 0.15) is 15.9 Å². The van der Waals surface area contributed by atoms with E-state index in [0.717, 1.165) is 21.1 Å². The number of amides is 1. The molecule has 0 aliphatic rings. The summed E-state index contributed by atoms with van der Waals surface area (Å²) in [6.45, 7) is 0. The molecule has 3 rings (SSSR count). The van der Waals surface area contributed by atoms with Gasteiger partial charge in [0.25, 0.3) is 5.91 Å². The molecule has 0 saturated heterocycles. The van der Waals surface area contributed by atoms with Crippen LogP contribution in [0.3, 0.4) is 0 Å². The zero-order chi connectivity index (χ0) is 14.7. The van der Waals surface area contributed by atoms with Gasteiger partial charge >= 0.3 is 0 Å². The van der Waals surface area contributed by atoms with E-state index < -0.39 is 0 Å². The van der Waals surface area contributed by atoms with Gasteiger partial charge in [0.2, 0.25) is 0 Å². The SMILES string of the molecule is O=C(N/N=C\c1ccc(Br)cc1)c1ccc2nc[nH]c2c1. The zero-order valence-corrected chi connectivity index (χ0v) is 12.5. The van der Waals surface area contributed by atoms with E-state index in [2.05, 4.69) is 36.4 Å². The molecule has 0 atom stereocenters. The van der Waals surface area contributed by atoms with Crippen molar-refractivity contribution in [3.8, 4) is 0 Å². The summed E-state index contributed by atoms with van der Waals surface area (Å²) >= 11 is 3.36. The molecule has 0 radical (unpaired) electrons. The standard InChI is InChI=1S/C15H11BrN4O/c16-12-4-1-10(2-5-12)8-19-20-15(21)11-3-6-13-14(7-11)18-9-17-13/h1-9H,(H,17,18)(H,20,21)/b19-8-. The molecule has 2 N–H and O–H groups in total. The van der Waals surface area contributed by atoms with Crippen LogP contribution in [-0.2, 0) is 0 Å². The average Bonchev–Trinajstić information content (AvgIpc) is 2.96. The normalized spacial score (nSPS) is 11.1. The van der Waals surface area contributed by atoms with Crippen molar-refractivity contribution in [2.24, 2.45) is 5.10 Å². The Morgan fingerprint density at radius 3 is 2.86 bits per heavy atom. The van der Waals surface area contributed by atoms with Gasteiger partial charge in [0.05, 0.1) is 23.6 Å². The Balaban J connectivity index is 1.69. The van der Waals surface area contributed by atoms with Crippen molar-refractivity contribution in [2.45, 2.75) is 0 Å². The minimum absolute atomic E-state index is 0.264. The third-order valence-corrected chi connectivity index (χ3v) is 3.46. The highest BCUT2D eigenvalue weighted by Crippen LogP contribution is 2.11. The molecule has 0 saturated carbocycles. The van der Waals surface area contributed by atoms with Crippen LogP contribution in [-0.4, -0.2) is 22.1 Å². The number of nitrogens with zero attached hydrogens (tertiary/aromatic N) is 2. The summed E-state index contributed by atoms with van der Waals surface area (Å²) in [5.41, 5.74) is 5.58. The van der Waals surface area contributed by atoms with Gasteiger partial charge in [0.15, 0.2) is 0 Å². The molecule has 1 heterocycles. The molecular weight excluding hydrogens is 332 g/mol. The van der Waals surface area contributed by atoms with Gasteiger partial charge in [-0.05, 0) is 35.9 Å². The van der Waals surface area contributed by atoms with Crippen molar-refractivity contribution in [1.82, 2.24) is 15.4 Å². The Bertz CT molecular complexity index is 808. The number of nitrogens with one attached hydrogen (secondary N) is 2. The maximum absolute atomic E-state index is 12.0. The fourth-order valence-corrected chi connectivity index (χ4v) is 2.12. The predicted octanol–water partition coefficient (Wildman–Crippen LogP) is 3.09. The summed E-state index contributed by atoms with van der Waals surface area (Å²) in [6.07, 6.45) is 3.19. The fraction of sp³-hybridized carbons (Fsp3) is 0. The van der Waals surface area contributed by atoms with E-state index in [0.29, 0.717) is 5.56 Å². The number of carbonyl (C=O) groups is 1. The smallest absolute Gasteiger partial charge is 0.271 e. The molecule has 6 heteroatoms. The molecule has 0 aliphatic heterocycles. The van der Waals surface area contributed by atoms with E-state index in [-0.39, 0.29) is 5.91 Å². The molecule has 1 amide bonds. The molecule has 0 spiro atoms. The van der Waals surface area contributed by atoms with Crippen molar-refractivity contribution in [2.75, 3.05) is 0 Å². The summed E-state index contributed by atoms with van der Waals surface area (Å²) in [4.78, 5) is 19.1. The van der Waals surface area contributed by atoms with E-state index in [4.69, 9.17) is 0 Å². The van der Waals surface area contributed by atoms with Crippen LogP contribution < -0.4 is 5.43 Å². The molecule has 5 nitrogen and oxygen atoms in total. The van der Waals surface area contributed by atoms with Crippen LogP contribution in [0.25, 0.3) is 11.0 Å². The average molecular weight is 343 g/mol. The lowest BCUT2D eigenvalue weighted by atomic mass is 10.2. The van der Waals surface area contributed by atoms with Crippen LogP contribution >= 0.6 is 15.9 Å². The number of aromatic nitrogens is 2. The van der Waals surface area contributed by atoms with Crippen LogP contribution in [0.2, 0.25) is 0 Å². The van der Waals surface area contributed by atoms with Gasteiger partial charge in [-0.15, -0.1) is 0 Å². The van der Waals surface area contributed by atoms with Gasteiger partial charge in [0, 0.05) is 10.0 Å². The Hall–Kier alpha value is -2.47. The van der Waals surface area contributed by atoms with E-state index in [1.165, 1.54) is 0 Å².